The van der Waals surface area contributed by atoms with Gasteiger partial charge in [0, 0.05) is 10.9 Å². The van der Waals surface area contributed by atoms with Gasteiger partial charge in [-0.25, -0.2) is 9.66 Å². The van der Waals surface area contributed by atoms with Crippen LogP contribution in [0.25, 0.3) is 10.2 Å². The predicted octanol–water partition coefficient (Wildman–Crippen LogP) is 2.77. The van der Waals surface area contributed by atoms with E-state index in [4.69, 9.17) is 12.2 Å². The van der Waals surface area contributed by atoms with Gasteiger partial charge >= 0.3 is 0 Å². The lowest BCUT2D eigenvalue weighted by atomic mass is 9.96. The number of nitrogens with zero attached hydrogens (tertiary/aromatic N) is 2. The van der Waals surface area contributed by atoms with E-state index in [1.165, 1.54) is 35.1 Å². The summed E-state index contributed by atoms with van der Waals surface area (Å²) in [6.45, 7) is 2.07. The molecule has 0 aliphatic heterocycles. The summed E-state index contributed by atoms with van der Waals surface area (Å²) in [6, 6.07) is 2.33. The molecule has 2 aromatic rings. The van der Waals surface area contributed by atoms with Crippen LogP contribution in [0, 0.1) is 0 Å². The van der Waals surface area contributed by atoms with E-state index in [1.54, 1.807) is 11.3 Å². The van der Waals surface area contributed by atoms with E-state index < -0.39 is 0 Å². The molecule has 0 spiro atoms. The van der Waals surface area contributed by atoms with Gasteiger partial charge < -0.3 is 5.32 Å². The minimum absolute atomic E-state index is 0.103. The predicted molar refractivity (Wildman–Crippen MR) is 95.2 cm³/mol. The molecule has 0 bridgehead atoms. The highest BCUT2D eigenvalue weighted by Gasteiger charge is 2.15. The lowest BCUT2D eigenvalue weighted by Crippen LogP contribution is -2.44. The summed E-state index contributed by atoms with van der Waals surface area (Å²) in [4.78, 5) is 18.8. The molecule has 1 aliphatic carbocycles. The zero-order valence-electron chi connectivity index (χ0n) is 12.6. The lowest BCUT2D eigenvalue weighted by Gasteiger charge is -2.24. The molecule has 2 N–H and O–H groups in total. The molecule has 0 saturated heterocycles. The number of fused-ring (bicyclic) bond motifs is 1. The second kappa shape index (κ2) is 6.75. The summed E-state index contributed by atoms with van der Waals surface area (Å²) in [5.74, 6) is 0. The van der Waals surface area contributed by atoms with Crippen LogP contribution in [0.5, 0.6) is 0 Å². The lowest BCUT2D eigenvalue weighted by molar-refractivity contribution is 0.414. The highest BCUT2D eigenvalue weighted by Crippen LogP contribution is 2.21. The molecule has 1 saturated carbocycles. The van der Waals surface area contributed by atoms with Crippen molar-refractivity contribution >= 4 is 38.9 Å². The Kier molecular flexibility index (Phi) is 4.73. The molecule has 3 rings (SSSR count). The number of aryl methyl sites for hydroxylation is 1. The second-order valence-corrected chi connectivity index (χ2v) is 7.15. The Balaban J connectivity index is 1.74. The molecule has 0 radical (unpaired) electrons. The Morgan fingerprint density at radius 2 is 2.23 bits per heavy atom. The number of aromatic nitrogens is 2. The summed E-state index contributed by atoms with van der Waals surface area (Å²) in [6.07, 6.45) is 8.48. The molecule has 22 heavy (non-hydrogen) atoms. The first-order valence-electron chi connectivity index (χ1n) is 7.75. The molecule has 0 atom stereocenters. The maximum absolute atomic E-state index is 12.5. The van der Waals surface area contributed by atoms with Crippen molar-refractivity contribution in [3.63, 3.8) is 0 Å². The first-order valence-corrected chi connectivity index (χ1v) is 8.97. The maximum atomic E-state index is 12.5. The molecule has 118 valence electrons. The molecule has 0 aromatic carbocycles. The smallest absolute Gasteiger partial charge is 0.280 e. The fourth-order valence-corrected chi connectivity index (χ4v) is 3.99. The van der Waals surface area contributed by atoms with Crippen molar-refractivity contribution in [2.24, 2.45) is 0 Å². The molecule has 7 heteroatoms. The van der Waals surface area contributed by atoms with Gasteiger partial charge in [0.25, 0.3) is 5.56 Å². The minimum Gasteiger partial charge on any atom is -0.359 e. The van der Waals surface area contributed by atoms with Crippen molar-refractivity contribution in [2.75, 3.05) is 5.43 Å². The average Bonchev–Trinajstić information content (AvgIpc) is 2.95. The minimum atomic E-state index is -0.103. The van der Waals surface area contributed by atoms with Crippen LogP contribution in [0.3, 0.4) is 0 Å². The number of nitrogens with one attached hydrogen (secondary N) is 2. The first-order chi connectivity index (χ1) is 10.7. The van der Waals surface area contributed by atoms with E-state index in [1.807, 2.05) is 6.07 Å². The monoisotopic (exact) mass is 336 g/mol. The van der Waals surface area contributed by atoms with Crippen LogP contribution >= 0.6 is 23.6 Å². The largest absolute Gasteiger partial charge is 0.359 e. The van der Waals surface area contributed by atoms with Gasteiger partial charge in [0.05, 0.1) is 5.39 Å². The molecule has 2 heterocycles. The van der Waals surface area contributed by atoms with Crippen LogP contribution in [0.4, 0.5) is 0 Å². The highest BCUT2D eigenvalue weighted by molar-refractivity contribution is 7.80. The number of hydrogen-bond donors (Lipinski definition) is 2. The molecular weight excluding hydrogens is 316 g/mol. The Bertz CT molecular complexity index is 731. The summed E-state index contributed by atoms with van der Waals surface area (Å²) < 4.78 is 1.37. The zero-order valence-corrected chi connectivity index (χ0v) is 14.2. The third kappa shape index (κ3) is 3.30. The molecule has 5 nitrogen and oxygen atoms in total. The normalized spacial score (nSPS) is 15.9. The molecule has 0 unspecified atom stereocenters. The van der Waals surface area contributed by atoms with Gasteiger partial charge in [-0.15, -0.1) is 11.3 Å². The van der Waals surface area contributed by atoms with Gasteiger partial charge in [-0.05, 0) is 37.5 Å². The molecular formula is C15H20N4OS2. The summed E-state index contributed by atoms with van der Waals surface area (Å²) in [5.41, 5.74) is 2.84. The van der Waals surface area contributed by atoms with E-state index in [-0.39, 0.29) is 5.56 Å². The van der Waals surface area contributed by atoms with Crippen LogP contribution in [0.15, 0.2) is 17.2 Å². The summed E-state index contributed by atoms with van der Waals surface area (Å²) in [7, 11) is 0. The summed E-state index contributed by atoms with van der Waals surface area (Å²) in [5, 5.41) is 4.43. The number of rotatable bonds is 3. The van der Waals surface area contributed by atoms with Gasteiger partial charge in [-0.1, -0.05) is 26.2 Å². The third-order valence-corrected chi connectivity index (χ3v) is 5.41. The van der Waals surface area contributed by atoms with Gasteiger partial charge in [0.1, 0.15) is 11.2 Å². The molecule has 2 aromatic heterocycles. The van der Waals surface area contributed by atoms with Crippen LogP contribution in [0.2, 0.25) is 0 Å². The van der Waals surface area contributed by atoms with Crippen molar-refractivity contribution in [1.29, 1.82) is 0 Å². The highest BCUT2D eigenvalue weighted by atomic mass is 32.1. The van der Waals surface area contributed by atoms with Crippen LogP contribution in [-0.2, 0) is 6.42 Å². The Hall–Kier alpha value is -1.47. The molecule has 0 amide bonds. The Morgan fingerprint density at radius 3 is 2.95 bits per heavy atom. The van der Waals surface area contributed by atoms with Crippen LogP contribution in [-0.4, -0.2) is 20.8 Å². The fourth-order valence-electron chi connectivity index (χ4n) is 2.80. The van der Waals surface area contributed by atoms with Gasteiger partial charge in [0.15, 0.2) is 5.11 Å². The number of thiocarbonyl (C=S) groups is 1. The van der Waals surface area contributed by atoms with Crippen molar-refractivity contribution < 1.29 is 0 Å². The molecule has 1 fully saturated rings. The van der Waals surface area contributed by atoms with Gasteiger partial charge in [0.2, 0.25) is 0 Å². The van der Waals surface area contributed by atoms with Crippen molar-refractivity contribution in [2.45, 2.75) is 51.5 Å². The third-order valence-electron chi connectivity index (χ3n) is 4.01. The van der Waals surface area contributed by atoms with E-state index in [0.717, 1.165) is 24.1 Å². The van der Waals surface area contributed by atoms with E-state index in [2.05, 4.69) is 22.7 Å². The van der Waals surface area contributed by atoms with Gasteiger partial charge in [-0.2, -0.15) is 0 Å². The van der Waals surface area contributed by atoms with Crippen LogP contribution in [0.1, 0.15) is 43.9 Å². The van der Waals surface area contributed by atoms with E-state index in [0.29, 0.717) is 16.5 Å². The topological polar surface area (TPSA) is 59.0 Å². The van der Waals surface area contributed by atoms with E-state index >= 15 is 0 Å². The van der Waals surface area contributed by atoms with Gasteiger partial charge in [-0.3, -0.25) is 10.2 Å². The standard InChI is InChI=1S/C15H20N4OS2/c1-2-11-8-12-13(22-11)16-9-19(14(12)20)18-15(21)17-10-6-4-3-5-7-10/h8-10H,2-7H2,1H3,(H2,17,18,21). The SMILES string of the molecule is CCc1cc2c(=O)n(NC(=S)NC3CCCCC3)cnc2s1. The first kappa shape index (κ1) is 15.4. The quantitative estimate of drug-likeness (QED) is 0.844. The zero-order chi connectivity index (χ0) is 15.5. The second-order valence-electron chi connectivity index (χ2n) is 5.63. The Labute approximate surface area is 138 Å². The van der Waals surface area contributed by atoms with Crippen LogP contribution < -0.4 is 16.3 Å². The van der Waals surface area contributed by atoms with Crippen molar-refractivity contribution in [3.8, 4) is 0 Å². The van der Waals surface area contributed by atoms with Crippen molar-refractivity contribution in [3.05, 3.63) is 27.6 Å². The molecule has 1 aliphatic rings. The number of hydrogen-bond acceptors (Lipinski definition) is 4. The number of thiophene rings is 1. The van der Waals surface area contributed by atoms with Crippen molar-refractivity contribution in [1.82, 2.24) is 15.0 Å². The fraction of sp³-hybridized carbons (Fsp3) is 0.533. The summed E-state index contributed by atoms with van der Waals surface area (Å²) >= 11 is 6.89. The van der Waals surface area contributed by atoms with E-state index in [9.17, 15) is 4.79 Å². The average molecular weight is 336 g/mol. The Morgan fingerprint density at radius 1 is 1.45 bits per heavy atom. The maximum Gasteiger partial charge on any atom is 0.280 e.